The first kappa shape index (κ1) is 23.7. The smallest absolute Gasteiger partial charge is 0.185 e. The number of methoxy groups -OCH3 is 1. The van der Waals surface area contributed by atoms with E-state index in [4.69, 9.17) is 10.5 Å². The van der Waals surface area contributed by atoms with Gasteiger partial charge in [-0.2, -0.15) is 0 Å². The van der Waals surface area contributed by atoms with Gasteiger partial charge in [-0.05, 0) is 48.4 Å². The molecule has 0 aliphatic carbocycles. The van der Waals surface area contributed by atoms with Crippen molar-refractivity contribution < 1.29 is 27.8 Å². The van der Waals surface area contributed by atoms with E-state index in [1.54, 1.807) is 6.07 Å². The maximum atomic E-state index is 14.5. The summed E-state index contributed by atoms with van der Waals surface area (Å²) in [6.45, 7) is 0.323. The standard InChI is InChI=1S/C24H23F3N4O3/c1-34-21-5-3-17(26)23(27)22(21)24-29-7-6-18(30-24)20(33)9-13-8-14(25)2-4-19(13)31-11-15(28)10-16(31)12-32/h2-8,15-16,32H,9-12,28H2,1H3/t15-,16-/m0/s1. The van der Waals surface area contributed by atoms with Crippen molar-refractivity contribution >= 4 is 11.5 Å². The van der Waals surface area contributed by atoms with Crippen LogP contribution in [-0.2, 0) is 6.42 Å². The lowest BCUT2D eigenvalue weighted by molar-refractivity contribution is 0.0988. The Morgan fingerprint density at radius 1 is 1.24 bits per heavy atom. The molecule has 10 heteroatoms. The van der Waals surface area contributed by atoms with Crippen LogP contribution in [-0.4, -0.2) is 53.2 Å². The maximum Gasteiger partial charge on any atom is 0.185 e. The second kappa shape index (κ2) is 9.78. The molecule has 0 radical (unpaired) electrons. The Morgan fingerprint density at radius 2 is 2.03 bits per heavy atom. The predicted octanol–water partition coefficient (Wildman–Crippen LogP) is 2.89. The average molecular weight is 472 g/mol. The van der Waals surface area contributed by atoms with E-state index in [1.165, 1.54) is 37.6 Å². The zero-order valence-corrected chi connectivity index (χ0v) is 18.3. The number of nitrogens with zero attached hydrogens (tertiary/aromatic N) is 3. The zero-order chi connectivity index (χ0) is 24.4. The van der Waals surface area contributed by atoms with Crippen LogP contribution in [0.25, 0.3) is 11.4 Å². The molecule has 0 unspecified atom stereocenters. The summed E-state index contributed by atoms with van der Waals surface area (Å²) in [6, 6.07) is 7.18. The first-order valence-corrected chi connectivity index (χ1v) is 10.6. The highest BCUT2D eigenvalue weighted by atomic mass is 19.2. The number of aromatic nitrogens is 2. The molecule has 0 spiro atoms. The summed E-state index contributed by atoms with van der Waals surface area (Å²) in [7, 11) is 1.29. The van der Waals surface area contributed by atoms with Crippen LogP contribution in [0.3, 0.4) is 0 Å². The number of hydrogen-bond acceptors (Lipinski definition) is 7. The van der Waals surface area contributed by atoms with Crippen LogP contribution in [0.1, 0.15) is 22.5 Å². The minimum Gasteiger partial charge on any atom is -0.496 e. The molecule has 1 aliphatic rings. The number of ether oxygens (including phenoxy) is 1. The quantitative estimate of drug-likeness (QED) is 0.510. The zero-order valence-electron chi connectivity index (χ0n) is 18.3. The fraction of sp³-hybridized carbons (Fsp3) is 0.292. The Labute approximate surface area is 194 Å². The van der Waals surface area contributed by atoms with Crippen LogP contribution in [0, 0.1) is 17.5 Å². The summed E-state index contributed by atoms with van der Waals surface area (Å²) < 4.78 is 47.5. The third kappa shape index (κ3) is 4.59. The van der Waals surface area contributed by atoms with Crippen molar-refractivity contribution in [2.24, 2.45) is 5.73 Å². The lowest BCUT2D eigenvalue weighted by atomic mass is 10.0. The highest BCUT2D eigenvalue weighted by molar-refractivity contribution is 5.97. The number of ketones is 1. The number of benzene rings is 2. The molecule has 1 aliphatic heterocycles. The molecule has 1 fully saturated rings. The van der Waals surface area contributed by atoms with Crippen LogP contribution in [0.4, 0.5) is 18.9 Å². The molecule has 0 saturated carbocycles. The number of carbonyl (C=O) groups excluding carboxylic acids is 1. The number of hydrogen-bond donors (Lipinski definition) is 2. The van der Waals surface area contributed by atoms with E-state index in [9.17, 15) is 23.1 Å². The van der Waals surface area contributed by atoms with Gasteiger partial charge in [-0.1, -0.05) is 0 Å². The molecule has 3 N–H and O–H groups in total. The minimum atomic E-state index is -1.20. The molecule has 0 bridgehead atoms. The van der Waals surface area contributed by atoms with Gasteiger partial charge >= 0.3 is 0 Å². The molecule has 1 saturated heterocycles. The summed E-state index contributed by atoms with van der Waals surface area (Å²) in [5, 5.41) is 9.72. The van der Waals surface area contributed by atoms with E-state index in [-0.39, 0.29) is 47.9 Å². The van der Waals surface area contributed by atoms with Gasteiger partial charge in [0, 0.05) is 30.9 Å². The number of rotatable bonds is 7. The van der Waals surface area contributed by atoms with E-state index in [1.807, 2.05) is 4.90 Å². The van der Waals surface area contributed by atoms with Crippen molar-refractivity contribution in [3.8, 4) is 17.1 Å². The Hall–Kier alpha value is -3.50. The maximum absolute atomic E-state index is 14.5. The van der Waals surface area contributed by atoms with E-state index in [2.05, 4.69) is 9.97 Å². The lowest BCUT2D eigenvalue weighted by Crippen LogP contribution is -2.33. The molecule has 3 aromatic rings. The third-order valence-electron chi connectivity index (χ3n) is 5.80. The first-order valence-electron chi connectivity index (χ1n) is 10.6. The fourth-order valence-electron chi connectivity index (χ4n) is 4.21. The summed E-state index contributed by atoms with van der Waals surface area (Å²) in [4.78, 5) is 23.1. The first-order chi connectivity index (χ1) is 16.3. The highest BCUT2D eigenvalue weighted by Crippen LogP contribution is 2.32. The molecule has 2 atom stereocenters. The Kier molecular flexibility index (Phi) is 6.80. The van der Waals surface area contributed by atoms with Gasteiger partial charge in [-0.15, -0.1) is 0 Å². The topological polar surface area (TPSA) is 102 Å². The molecule has 1 aromatic heterocycles. The molecule has 34 heavy (non-hydrogen) atoms. The average Bonchev–Trinajstić information content (AvgIpc) is 3.21. The molecule has 2 aromatic carbocycles. The van der Waals surface area contributed by atoms with Crippen molar-refractivity contribution in [2.45, 2.75) is 24.9 Å². The van der Waals surface area contributed by atoms with Crippen LogP contribution in [0.2, 0.25) is 0 Å². The fourth-order valence-corrected chi connectivity index (χ4v) is 4.21. The van der Waals surface area contributed by atoms with Gasteiger partial charge in [0.25, 0.3) is 0 Å². The Morgan fingerprint density at radius 3 is 2.76 bits per heavy atom. The van der Waals surface area contributed by atoms with Crippen LogP contribution in [0.5, 0.6) is 5.75 Å². The number of halogens is 3. The largest absolute Gasteiger partial charge is 0.496 e. The van der Waals surface area contributed by atoms with Crippen molar-refractivity contribution in [1.82, 2.24) is 9.97 Å². The third-order valence-corrected chi connectivity index (χ3v) is 5.80. The van der Waals surface area contributed by atoms with Gasteiger partial charge in [0.15, 0.2) is 23.2 Å². The van der Waals surface area contributed by atoms with Crippen LogP contribution < -0.4 is 15.4 Å². The molecule has 7 nitrogen and oxygen atoms in total. The monoisotopic (exact) mass is 472 g/mol. The minimum absolute atomic E-state index is 0.0105. The predicted molar refractivity (Wildman–Crippen MR) is 119 cm³/mol. The second-order valence-corrected chi connectivity index (χ2v) is 8.06. The molecule has 0 amide bonds. The Bertz CT molecular complexity index is 1220. The summed E-state index contributed by atoms with van der Waals surface area (Å²) in [5.41, 5.74) is 6.67. The van der Waals surface area contributed by atoms with E-state index >= 15 is 0 Å². The van der Waals surface area contributed by atoms with E-state index in [0.29, 0.717) is 24.2 Å². The molecule has 4 rings (SSSR count). The molecular formula is C24H23F3N4O3. The number of carbonyl (C=O) groups is 1. The number of Topliss-reactive ketones (excluding diaryl/α,β-unsaturated/α-hetero) is 1. The number of aliphatic hydroxyl groups excluding tert-OH is 1. The van der Waals surface area contributed by atoms with Crippen LogP contribution in [0.15, 0.2) is 42.6 Å². The van der Waals surface area contributed by atoms with Crippen molar-refractivity contribution in [3.63, 3.8) is 0 Å². The molecular weight excluding hydrogens is 449 g/mol. The lowest BCUT2D eigenvalue weighted by Gasteiger charge is -2.27. The highest BCUT2D eigenvalue weighted by Gasteiger charge is 2.31. The number of anilines is 1. The van der Waals surface area contributed by atoms with Gasteiger partial charge < -0.3 is 20.5 Å². The van der Waals surface area contributed by atoms with Gasteiger partial charge in [0.05, 0.1) is 25.3 Å². The normalized spacial score (nSPS) is 17.8. The van der Waals surface area contributed by atoms with Gasteiger partial charge in [-0.25, -0.2) is 23.1 Å². The van der Waals surface area contributed by atoms with Crippen molar-refractivity contribution in [3.05, 3.63) is 71.3 Å². The molecule has 2 heterocycles. The van der Waals surface area contributed by atoms with Gasteiger partial charge in [-0.3, -0.25) is 4.79 Å². The van der Waals surface area contributed by atoms with Crippen molar-refractivity contribution in [2.75, 3.05) is 25.2 Å². The molecule has 178 valence electrons. The van der Waals surface area contributed by atoms with Gasteiger partial charge in [0.2, 0.25) is 0 Å². The SMILES string of the molecule is COc1ccc(F)c(F)c1-c1nccc(C(=O)Cc2cc(F)ccc2N2C[C@@H](N)C[C@H]2CO)n1. The number of nitrogens with two attached hydrogens (primary N) is 1. The van der Waals surface area contributed by atoms with Gasteiger partial charge in [0.1, 0.15) is 17.3 Å². The summed E-state index contributed by atoms with van der Waals surface area (Å²) in [6.07, 6.45) is 1.61. The van der Waals surface area contributed by atoms with Crippen LogP contribution >= 0.6 is 0 Å². The number of aliphatic hydroxyl groups is 1. The van der Waals surface area contributed by atoms with Crippen molar-refractivity contribution in [1.29, 1.82) is 0 Å². The summed E-state index contributed by atoms with van der Waals surface area (Å²) >= 11 is 0. The second-order valence-electron chi connectivity index (χ2n) is 8.06. The summed E-state index contributed by atoms with van der Waals surface area (Å²) in [5.74, 6) is -3.51. The van der Waals surface area contributed by atoms with E-state index < -0.39 is 23.2 Å². The van der Waals surface area contributed by atoms with E-state index in [0.717, 1.165) is 6.07 Å². The Balaban J connectivity index is 1.67.